The van der Waals surface area contributed by atoms with Crippen molar-refractivity contribution in [2.24, 2.45) is 0 Å². The van der Waals surface area contributed by atoms with E-state index in [0.717, 1.165) is 5.75 Å². The average molecular weight is 272 g/mol. The highest BCUT2D eigenvalue weighted by Crippen LogP contribution is 2.20. The summed E-state index contributed by atoms with van der Waals surface area (Å²) >= 11 is 1.77. The zero-order valence-electron chi connectivity index (χ0n) is 11.1. The molecule has 0 fully saturated rings. The van der Waals surface area contributed by atoms with E-state index in [1.165, 1.54) is 4.90 Å². The highest BCUT2D eigenvalue weighted by molar-refractivity contribution is 7.99. The van der Waals surface area contributed by atoms with Gasteiger partial charge in [0.15, 0.2) is 5.78 Å². The Morgan fingerprint density at radius 1 is 1.11 bits per heavy atom. The number of benzene rings is 2. The van der Waals surface area contributed by atoms with Crippen LogP contribution in [0.2, 0.25) is 0 Å². The topological polar surface area (TPSA) is 26.3 Å². The number of hydrogen-bond acceptors (Lipinski definition) is 3. The molecule has 0 radical (unpaired) electrons. The molecule has 0 aliphatic carbocycles. The smallest absolute Gasteiger partial charge is 0.193 e. The first kappa shape index (κ1) is 13.7. The highest BCUT2D eigenvalue weighted by Gasteiger charge is 2.09. The van der Waals surface area contributed by atoms with Crippen LogP contribution < -0.4 is 4.74 Å². The lowest BCUT2D eigenvalue weighted by atomic mass is 10.0. The minimum atomic E-state index is 0.0203. The van der Waals surface area contributed by atoms with E-state index in [2.05, 4.69) is 6.92 Å². The SMILES string of the molecule is CCSc1ccc(C(=O)c2cccc(OC)c2)cc1. The molecule has 0 aliphatic heterocycles. The van der Waals surface area contributed by atoms with E-state index in [4.69, 9.17) is 4.74 Å². The third-order valence-corrected chi connectivity index (χ3v) is 3.65. The number of methoxy groups -OCH3 is 1. The number of ketones is 1. The second-order valence-electron chi connectivity index (χ2n) is 4.02. The molecule has 0 atom stereocenters. The fourth-order valence-electron chi connectivity index (χ4n) is 1.80. The van der Waals surface area contributed by atoms with Gasteiger partial charge < -0.3 is 4.74 Å². The fraction of sp³-hybridized carbons (Fsp3) is 0.188. The summed E-state index contributed by atoms with van der Waals surface area (Å²) < 4.78 is 5.14. The van der Waals surface area contributed by atoms with Crippen LogP contribution >= 0.6 is 11.8 Å². The quantitative estimate of drug-likeness (QED) is 0.607. The molecule has 0 saturated carbocycles. The Balaban J connectivity index is 2.22. The van der Waals surface area contributed by atoms with Gasteiger partial charge in [-0.05, 0) is 42.2 Å². The Hall–Kier alpha value is -1.74. The van der Waals surface area contributed by atoms with Crippen molar-refractivity contribution in [2.45, 2.75) is 11.8 Å². The van der Waals surface area contributed by atoms with Crippen LogP contribution in [0.3, 0.4) is 0 Å². The summed E-state index contributed by atoms with van der Waals surface area (Å²) in [6.07, 6.45) is 0. The molecule has 0 N–H and O–H groups in total. The summed E-state index contributed by atoms with van der Waals surface area (Å²) in [4.78, 5) is 13.5. The summed E-state index contributed by atoms with van der Waals surface area (Å²) in [6.45, 7) is 2.11. The maximum absolute atomic E-state index is 12.3. The second kappa shape index (κ2) is 6.43. The summed E-state index contributed by atoms with van der Waals surface area (Å²) in [7, 11) is 1.60. The lowest BCUT2D eigenvalue weighted by Crippen LogP contribution is -2.01. The molecule has 2 aromatic rings. The predicted octanol–water partition coefficient (Wildman–Crippen LogP) is 4.04. The third-order valence-electron chi connectivity index (χ3n) is 2.76. The molecule has 2 nitrogen and oxygen atoms in total. The van der Waals surface area contributed by atoms with E-state index >= 15 is 0 Å². The van der Waals surface area contributed by atoms with Crippen molar-refractivity contribution in [2.75, 3.05) is 12.9 Å². The number of carbonyl (C=O) groups is 1. The number of thioether (sulfide) groups is 1. The van der Waals surface area contributed by atoms with E-state index in [-0.39, 0.29) is 5.78 Å². The lowest BCUT2D eigenvalue weighted by Gasteiger charge is -2.05. The van der Waals surface area contributed by atoms with Gasteiger partial charge in [0.25, 0.3) is 0 Å². The molecule has 0 heterocycles. The molecule has 0 bridgehead atoms. The number of hydrogen-bond donors (Lipinski definition) is 0. The molecule has 0 aromatic heterocycles. The molecule has 19 heavy (non-hydrogen) atoms. The summed E-state index contributed by atoms with van der Waals surface area (Å²) in [5, 5.41) is 0. The van der Waals surface area contributed by atoms with Gasteiger partial charge in [0, 0.05) is 16.0 Å². The van der Waals surface area contributed by atoms with Crippen molar-refractivity contribution in [3.8, 4) is 5.75 Å². The molecule has 0 amide bonds. The highest BCUT2D eigenvalue weighted by atomic mass is 32.2. The largest absolute Gasteiger partial charge is 0.497 e. The van der Waals surface area contributed by atoms with Crippen LogP contribution in [0, 0.1) is 0 Å². The normalized spacial score (nSPS) is 10.2. The molecule has 0 unspecified atom stereocenters. The third kappa shape index (κ3) is 3.38. The first-order valence-electron chi connectivity index (χ1n) is 6.16. The van der Waals surface area contributed by atoms with E-state index < -0.39 is 0 Å². The van der Waals surface area contributed by atoms with E-state index in [1.807, 2.05) is 36.4 Å². The van der Waals surface area contributed by atoms with Crippen LogP contribution in [0.1, 0.15) is 22.8 Å². The van der Waals surface area contributed by atoms with Crippen molar-refractivity contribution in [1.82, 2.24) is 0 Å². The summed E-state index contributed by atoms with van der Waals surface area (Å²) in [6, 6.07) is 14.9. The van der Waals surface area contributed by atoms with Crippen molar-refractivity contribution in [1.29, 1.82) is 0 Å². The Kier molecular flexibility index (Phi) is 4.63. The van der Waals surface area contributed by atoms with Gasteiger partial charge in [-0.1, -0.05) is 19.1 Å². The monoisotopic (exact) mass is 272 g/mol. The first-order valence-corrected chi connectivity index (χ1v) is 7.14. The first-order chi connectivity index (χ1) is 9.24. The van der Waals surface area contributed by atoms with Crippen molar-refractivity contribution < 1.29 is 9.53 Å². The maximum atomic E-state index is 12.3. The molecule has 2 aromatic carbocycles. The van der Waals surface area contributed by atoms with Gasteiger partial charge in [-0.3, -0.25) is 4.79 Å². The standard InChI is InChI=1S/C16H16O2S/c1-3-19-15-9-7-12(8-10-15)16(17)13-5-4-6-14(11-13)18-2/h4-11H,3H2,1-2H3. The molecule has 3 heteroatoms. The number of carbonyl (C=O) groups excluding carboxylic acids is 1. The Bertz CT molecular complexity index is 561. The number of rotatable bonds is 5. The van der Waals surface area contributed by atoms with Crippen molar-refractivity contribution in [3.05, 3.63) is 59.7 Å². The Labute approximate surface area is 117 Å². The fourth-order valence-corrected chi connectivity index (χ4v) is 2.46. The predicted molar refractivity (Wildman–Crippen MR) is 79.3 cm³/mol. The number of ether oxygens (including phenoxy) is 1. The molecule has 0 spiro atoms. The maximum Gasteiger partial charge on any atom is 0.193 e. The summed E-state index contributed by atoms with van der Waals surface area (Å²) in [5.74, 6) is 1.75. The van der Waals surface area contributed by atoms with E-state index in [0.29, 0.717) is 16.9 Å². The van der Waals surface area contributed by atoms with Crippen LogP contribution in [-0.2, 0) is 0 Å². The molecular weight excluding hydrogens is 256 g/mol. The van der Waals surface area contributed by atoms with Gasteiger partial charge in [-0.2, -0.15) is 0 Å². The minimum absolute atomic E-state index is 0.0203. The van der Waals surface area contributed by atoms with Gasteiger partial charge >= 0.3 is 0 Å². The van der Waals surface area contributed by atoms with Gasteiger partial charge in [0.1, 0.15) is 5.75 Å². The average Bonchev–Trinajstić information content (AvgIpc) is 2.48. The Morgan fingerprint density at radius 3 is 2.47 bits per heavy atom. The van der Waals surface area contributed by atoms with Gasteiger partial charge in [0.2, 0.25) is 0 Å². The summed E-state index contributed by atoms with van der Waals surface area (Å²) in [5.41, 5.74) is 1.35. The second-order valence-corrected chi connectivity index (χ2v) is 5.36. The van der Waals surface area contributed by atoms with E-state index in [9.17, 15) is 4.79 Å². The van der Waals surface area contributed by atoms with Crippen LogP contribution in [0.4, 0.5) is 0 Å². The minimum Gasteiger partial charge on any atom is -0.497 e. The van der Waals surface area contributed by atoms with Crippen LogP contribution in [0.15, 0.2) is 53.4 Å². The van der Waals surface area contributed by atoms with Crippen molar-refractivity contribution >= 4 is 17.5 Å². The van der Waals surface area contributed by atoms with Crippen molar-refractivity contribution in [3.63, 3.8) is 0 Å². The molecule has 2 rings (SSSR count). The van der Waals surface area contributed by atoms with Crippen LogP contribution in [0.5, 0.6) is 5.75 Å². The van der Waals surface area contributed by atoms with Gasteiger partial charge in [-0.15, -0.1) is 11.8 Å². The molecule has 0 saturated heterocycles. The zero-order chi connectivity index (χ0) is 13.7. The van der Waals surface area contributed by atoms with Crippen LogP contribution in [0.25, 0.3) is 0 Å². The van der Waals surface area contributed by atoms with Gasteiger partial charge in [0.05, 0.1) is 7.11 Å². The zero-order valence-corrected chi connectivity index (χ0v) is 11.9. The molecule has 98 valence electrons. The van der Waals surface area contributed by atoms with E-state index in [1.54, 1.807) is 31.0 Å². The van der Waals surface area contributed by atoms with Crippen LogP contribution in [-0.4, -0.2) is 18.6 Å². The lowest BCUT2D eigenvalue weighted by molar-refractivity contribution is 0.103. The van der Waals surface area contributed by atoms with Gasteiger partial charge in [-0.25, -0.2) is 0 Å². The molecule has 0 aliphatic rings. The Morgan fingerprint density at radius 2 is 1.84 bits per heavy atom. The molecular formula is C16H16O2S.